The number of pyridine rings is 1. The number of aromatic nitrogens is 7. The second kappa shape index (κ2) is 23.7. The minimum Gasteiger partial charge on any atom is -0.255 e. The van der Waals surface area contributed by atoms with Gasteiger partial charge in [0.2, 0.25) is 0 Å². The normalized spacial score (nSPS) is 11.7. The summed E-state index contributed by atoms with van der Waals surface area (Å²) in [7, 11) is 0. The number of nitrogens with zero attached hydrogens (tertiary/aromatic N) is 7. The van der Waals surface area contributed by atoms with Crippen LogP contribution in [-0.2, 0) is 0 Å². The largest absolute Gasteiger partial charge is 0.255 e. The van der Waals surface area contributed by atoms with Crippen molar-refractivity contribution in [1.82, 2.24) is 34.9 Å². The molecule has 15 aromatic carbocycles. The molecule has 0 atom stereocenters. The molecule has 0 unspecified atom stereocenters. The van der Waals surface area contributed by atoms with E-state index in [1.54, 1.807) is 0 Å². The molecule has 7 nitrogen and oxygen atoms in total. The highest BCUT2D eigenvalue weighted by Crippen LogP contribution is 2.48. The Bertz CT molecular complexity index is 6420. The molecule has 5 heterocycles. The summed E-state index contributed by atoms with van der Waals surface area (Å²) in [6.07, 6.45) is 1.87. The molecule has 0 amide bonds. The Hall–Kier alpha value is -12.5. The van der Waals surface area contributed by atoms with Gasteiger partial charge in [-0.15, -0.1) is 22.7 Å². The van der Waals surface area contributed by atoms with E-state index in [1.807, 2.05) is 150 Å². The summed E-state index contributed by atoms with van der Waals surface area (Å²) in [5.41, 5.74) is 9.83. The van der Waals surface area contributed by atoms with Crippen LogP contribution >= 0.6 is 22.7 Å². The fraction of sp³-hybridized carbons (Fsp3) is 0. The lowest BCUT2D eigenvalue weighted by Gasteiger charge is -2.13. The first-order valence-electron chi connectivity index (χ1n) is 32.8. The van der Waals surface area contributed by atoms with Crippen LogP contribution in [-0.4, -0.2) is 34.9 Å². The lowest BCUT2D eigenvalue weighted by molar-refractivity contribution is 1.07. The van der Waals surface area contributed by atoms with Gasteiger partial charge in [-0.2, -0.15) is 0 Å². The summed E-state index contributed by atoms with van der Waals surface area (Å²) >= 11 is 3.78. The fourth-order valence-electron chi connectivity index (χ4n) is 14.2. The van der Waals surface area contributed by atoms with Crippen molar-refractivity contribution in [1.29, 1.82) is 0 Å². The third-order valence-corrected chi connectivity index (χ3v) is 21.2. The molecule has 98 heavy (non-hydrogen) atoms. The first-order valence-corrected chi connectivity index (χ1v) is 34.4. The van der Waals surface area contributed by atoms with Crippen LogP contribution in [0.25, 0.3) is 196 Å². The first kappa shape index (κ1) is 57.0. The summed E-state index contributed by atoms with van der Waals surface area (Å²) in [6.45, 7) is 0. The predicted molar refractivity (Wildman–Crippen MR) is 412 cm³/mol. The molecule has 20 aromatic rings. The number of benzene rings is 15. The van der Waals surface area contributed by atoms with Gasteiger partial charge < -0.3 is 0 Å². The van der Waals surface area contributed by atoms with Crippen LogP contribution in [0.4, 0.5) is 0 Å². The summed E-state index contributed by atoms with van der Waals surface area (Å²) in [5, 5.41) is 20.7. The molecule has 0 aliphatic heterocycles. The Morgan fingerprint density at radius 1 is 0.194 bits per heavy atom. The molecule has 5 aromatic heterocycles. The molecule has 0 saturated carbocycles. The molecular formula is C89H53N7S2. The van der Waals surface area contributed by atoms with Crippen molar-refractivity contribution in [3.05, 3.63) is 322 Å². The highest BCUT2D eigenvalue weighted by molar-refractivity contribution is 7.27. The van der Waals surface area contributed by atoms with Gasteiger partial charge in [0.1, 0.15) is 0 Å². The summed E-state index contributed by atoms with van der Waals surface area (Å²) < 4.78 is 5.37. The Labute approximate surface area is 571 Å². The lowest BCUT2D eigenvalue weighted by Crippen LogP contribution is -2.00. The van der Waals surface area contributed by atoms with Gasteiger partial charge in [0, 0.05) is 96.3 Å². The van der Waals surface area contributed by atoms with E-state index in [9.17, 15) is 0 Å². The number of fused-ring (bicyclic) bond motifs is 20. The maximum Gasteiger partial charge on any atom is 0.165 e. The molecule has 20 rings (SSSR count). The molecule has 9 heteroatoms. The second-order valence-electron chi connectivity index (χ2n) is 24.6. The monoisotopic (exact) mass is 1280 g/mol. The molecule has 0 N–H and O–H groups in total. The highest BCUT2D eigenvalue weighted by atomic mass is 32.1. The van der Waals surface area contributed by atoms with Crippen molar-refractivity contribution in [2.75, 3.05) is 0 Å². The van der Waals surface area contributed by atoms with E-state index in [0.29, 0.717) is 34.9 Å². The number of thiophene rings is 2. The molecule has 0 spiro atoms. The average Bonchev–Trinajstić information content (AvgIpc) is 1.45. The quantitative estimate of drug-likeness (QED) is 0.140. The van der Waals surface area contributed by atoms with E-state index in [2.05, 4.69) is 194 Å². The van der Waals surface area contributed by atoms with Crippen molar-refractivity contribution in [3.63, 3.8) is 0 Å². The molecule has 0 fully saturated rings. The Morgan fingerprint density at radius 2 is 0.531 bits per heavy atom. The molecule has 0 radical (unpaired) electrons. The van der Waals surface area contributed by atoms with Gasteiger partial charge in [-0.25, -0.2) is 29.9 Å². The molecule has 0 aliphatic carbocycles. The minimum absolute atomic E-state index is 0.593. The molecule has 0 aliphatic rings. The van der Waals surface area contributed by atoms with Crippen LogP contribution < -0.4 is 0 Å². The van der Waals surface area contributed by atoms with Crippen molar-refractivity contribution >= 4 is 128 Å². The molecule has 0 saturated heterocycles. The minimum atomic E-state index is 0.593. The zero-order chi connectivity index (χ0) is 64.6. The van der Waals surface area contributed by atoms with Gasteiger partial charge in [-0.05, 0) is 107 Å². The number of hydrogen-bond donors (Lipinski definition) is 0. The molecule has 456 valence electrons. The van der Waals surface area contributed by atoms with E-state index in [0.717, 1.165) is 55.8 Å². The maximum absolute atomic E-state index is 4.97. The standard InChI is InChI=1S/C45H27N3S.C44H26N4S/c1-3-12-28(13-4-1)43-46-44(29-14-5-2-6-15-29)48-45(47-43)33-17-11-16-30(27-33)31-22-24-34-32(26-31)23-25-38-40(34)35-18-7-8-19-36(35)42-41(38)37-20-9-10-21-39(37)49-42;1-3-11-27(12-4-1)42-46-43(28-13-5-2-6-14-28)48-44(47-42)31-21-24-37(45-26-31)30-20-22-32-29(25-30)19-23-36-39(32)33-15-7-8-16-34(33)41-40(36)35-17-9-10-18-38(35)49-41/h1-27H;1-26H. The summed E-state index contributed by atoms with van der Waals surface area (Å²) in [5.74, 6) is 3.83. The van der Waals surface area contributed by atoms with Crippen LogP contribution in [0.15, 0.2) is 322 Å². The van der Waals surface area contributed by atoms with Crippen LogP contribution in [0, 0.1) is 0 Å². The van der Waals surface area contributed by atoms with Crippen LogP contribution in [0.5, 0.6) is 0 Å². The van der Waals surface area contributed by atoms with Gasteiger partial charge in [0.05, 0.1) is 5.69 Å². The van der Waals surface area contributed by atoms with Gasteiger partial charge >= 0.3 is 0 Å². The Balaban J connectivity index is 0.000000137. The van der Waals surface area contributed by atoms with Crippen LogP contribution in [0.2, 0.25) is 0 Å². The first-order chi connectivity index (χ1) is 48.6. The van der Waals surface area contributed by atoms with E-state index >= 15 is 0 Å². The fourth-order valence-corrected chi connectivity index (χ4v) is 16.7. The van der Waals surface area contributed by atoms with E-state index in [4.69, 9.17) is 34.9 Å². The topological polar surface area (TPSA) is 90.2 Å². The number of hydrogen-bond acceptors (Lipinski definition) is 9. The van der Waals surface area contributed by atoms with Crippen molar-refractivity contribution in [2.24, 2.45) is 0 Å². The van der Waals surface area contributed by atoms with E-state index in [1.165, 1.54) is 105 Å². The smallest absolute Gasteiger partial charge is 0.165 e. The van der Waals surface area contributed by atoms with Crippen LogP contribution in [0.1, 0.15) is 0 Å². The Kier molecular flexibility index (Phi) is 13.8. The van der Waals surface area contributed by atoms with E-state index < -0.39 is 0 Å². The van der Waals surface area contributed by atoms with Gasteiger partial charge in [-0.1, -0.05) is 273 Å². The zero-order valence-corrected chi connectivity index (χ0v) is 54.2. The summed E-state index contributed by atoms with van der Waals surface area (Å²) in [6, 6.07) is 111. The summed E-state index contributed by atoms with van der Waals surface area (Å²) in [4.78, 5) is 34.3. The lowest BCUT2D eigenvalue weighted by atomic mass is 9.91. The van der Waals surface area contributed by atoms with Crippen LogP contribution in [0.3, 0.4) is 0 Å². The van der Waals surface area contributed by atoms with E-state index in [-0.39, 0.29) is 0 Å². The van der Waals surface area contributed by atoms with Gasteiger partial charge in [0.15, 0.2) is 34.9 Å². The van der Waals surface area contributed by atoms with Gasteiger partial charge in [0.25, 0.3) is 0 Å². The second-order valence-corrected chi connectivity index (χ2v) is 26.7. The van der Waals surface area contributed by atoms with Crippen molar-refractivity contribution < 1.29 is 0 Å². The predicted octanol–water partition coefficient (Wildman–Crippen LogP) is 24.1. The van der Waals surface area contributed by atoms with Crippen molar-refractivity contribution in [3.8, 4) is 90.7 Å². The average molecular weight is 1280 g/mol. The third kappa shape index (κ3) is 9.90. The Morgan fingerprint density at radius 3 is 0.980 bits per heavy atom. The van der Waals surface area contributed by atoms with Gasteiger partial charge in [-0.3, -0.25) is 4.98 Å². The maximum atomic E-state index is 4.97. The van der Waals surface area contributed by atoms with Crippen molar-refractivity contribution in [2.45, 2.75) is 0 Å². The number of rotatable bonds is 8. The zero-order valence-electron chi connectivity index (χ0n) is 52.5. The molecule has 0 bridgehead atoms. The molecular weight excluding hydrogens is 1230 g/mol. The highest BCUT2D eigenvalue weighted by Gasteiger charge is 2.21. The third-order valence-electron chi connectivity index (χ3n) is 18.8. The SMILES string of the molecule is c1ccc(-c2nc(-c3ccccc3)nc(-c3ccc(-c4ccc5c(ccc6c5c5ccccc5c5sc7ccccc7c65)c4)nc3)n2)cc1.c1ccc(-c2nc(-c3ccccc3)nc(-c3cccc(-c4ccc5c(ccc6c5c5ccccc5c5sc7ccccc7c65)c4)c3)n2)cc1.